The quantitative estimate of drug-likeness (QED) is 0.821. The summed E-state index contributed by atoms with van der Waals surface area (Å²) >= 11 is 0. The zero-order valence-corrected chi connectivity index (χ0v) is 10.9. The molecule has 2 N–H and O–H groups in total. The fourth-order valence-electron chi connectivity index (χ4n) is 1.18. The highest BCUT2D eigenvalue weighted by Crippen LogP contribution is 2.19. The molecule has 4 heteroatoms. The van der Waals surface area contributed by atoms with Crippen molar-refractivity contribution in [3.05, 3.63) is 24.3 Å². The smallest absolute Gasteiger partial charge is 0.414 e. The molecule has 0 aliphatic carbocycles. The third-order valence-electron chi connectivity index (χ3n) is 2.77. The standard InChI is InChI=1S/C13H20N2O2/c1-5-13(2,3)17-12(16)15(4)11-8-6-10(14)7-9-11/h6-9H,5,14H2,1-4H3. The van der Waals surface area contributed by atoms with Crippen LogP contribution in [0.4, 0.5) is 16.2 Å². The van der Waals surface area contributed by atoms with Crippen LogP contribution in [0.25, 0.3) is 0 Å². The fourth-order valence-corrected chi connectivity index (χ4v) is 1.18. The Balaban J connectivity index is 2.73. The van der Waals surface area contributed by atoms with Gasteiger partial charge in [0.2, 0.25) is 0 Å². The molecule has 0 heterocycles. The number of carbonyl (C=O) groups is 1. The number of hydrogen-bond acceptors (Lipinski definition) is 3. The van der Waals surface area contributed by atoms with Gasteiger partial charge in [-0.05, 0) is 44.5 Å². The first-order chi connectivity index (χ1) is 7.85. The molecule has 0 unspecified atom stereocenters. The second kappa shape index (κ2) is 5.08. The second-order valence-electron chi connectivity index (χ2n) is 4.63. The molecule has 0 radical (unpaired) electrons. The Morgan fingerprint density at radius 2 is 1.88 bits per heavy atom. The molecule has 0 atom stereocenters. The van der Waals surface area contributed by atoms with E-state index in [2.05, 4.69) is 0 Å². The number of nitrogen functional groups attached to an aromatic ring is 1. The Morgan fingerprint density at radius 1 is 1.35 bits per heavy atom. The van der Waals surface area contributed by atoms with Crippen molar-refractivity contribution in [2.24, 2.45) is 0 Å². The zero-order chi connectivity index (χ0) is 13.1. The molecule has 0 aromatic heterocycles. The summed E-state index contributed by atoms with van der Waals surface area (Å²) in [4.78, 5) is 13.3. The topological polar surface area (TPSA) is 55.6 Å². The van der Waals surface area contributed by atoms with Gasteiger partial charge in [0, 0.05) is 18.4 Å². The summed E-state index contributed by atoms with van der Waals surface area (Å²) in [5, 5.41) is 0. The maximum Gasteiger partial charge on any atom is 0.414 e. The maximum absolute atomic E-state index is 11.9. The van der Waals surface area contributed by atoms with E-state index in [1.807, 2.05) is 20.8 Å². The highest BCUT2D eigenvalue weighted by Gasteiger charge is 2.23. The van der Waals surface area contributed by atoms with Crippen molar-refractivity contribution in [1.82, 2.24) is 0 Å². The average molecular weight is 236 g/mol. The monoisotopic (exact) mass is 236 g/mol. The van der Waals surface area contributed by atoms with Gasteiger partial charge in [-0.2, -0.15) is 0 Å². The van der Waals surface area contributed by atoms with E-state index >= 15 is 0 Å². The van der Waals surface area contributed by atoms with Crippen molar-refractivity contribution in [3.8, 4) is 0 Å². The molecule has 0 aliphatic heterocycles. The molecular formula is C13H20N2O2. The third-order valence-corrected chi connectivity index (χ3v) is 2.77. The Morgan fingerprint density at radius 3 is 2.35 bits per heavy atom. The number of benzene rings is 1. The maximum atomic E-state index is 11.9. The normalized spacial score (nSPS) is 11.1. The minimum atomic E-state index is -0.445. The van der Waals surface area contributed by atoms with Crippen LogP contribution in [-0.2, 0) is 4.74 Å². The molecule has 94 valence electrons. The van der Waals surface area contributed by atoms with Crippen molar-refractivity contribution < 1.29 is 9.53 Å². The first-order valence-electron chi connectivity index (χ1n) is 5.68. The lowest BCUT2D eigenvalue weighted by atomic mass is 10.1. The summed E-state index contributed by atoms with van der Waals surface area (Å²) in [5.74, 6) is 0. The molecule has 1 amide bonds. The van der Waals surface area contributed by atoms with Gasteiger partial charge in [0.1, 0.15) is 5.60 Å². The van der Waals surface area contributed by atoms with Gasteiger partial charge in [-0.25, -0.2) is 4.79 Å². The number of ether oxygens (including phenoxy) is 1. The summed E-state index contributed by atoms with van der Waals surface area (Å²) in [6, 6.07) is 7.08. The highest BCUT2D eigenvalue weighted by molar-refractivity contribution is 5.87. The molecule has 17 heavy (non-hydrogen) atoms. The number of rotatable bonds is 3. The Hall–Kier alpha value is -1.71. The minimum Gasteiger partial charge on any atom is -0.443 e. The number of nitrogens with zero attached hydrogens (tertiary/aromatic N) is 1. The van der Waals surface area contributed by atoms with Crippen LogP contribution in [-0.4, -0.2) is 18.7 Å². The van der Waals surface area contributed by atoms with Crippen molar-refractivity contribution >= 4 is 17.5 Å². The lowest BCUT2D eigenvalue weighted by molar-refractivity contribution is 0.0420. The van der Waals surface area contributed by atoms with E-state index in [0.717, 1.165) is 12.1 Å². The van der Waals surface area contributed by atoms with Gasteiger partial charge in [0.25, 0.3) is 0 Å². The molecule has 0 saturated carbocycles. The van der Waals surface area contributed by atoms with Crippen LogP contribution in [0.1, 0.15) is 27.2 Å². The summed E-state index contributed by atoms with van der Waals surface area (Å²) in [6.07, 6.45) is 0.413. The Bertz CT molecular complexity index is 385. The predicted molar refractivity (Wildman–Crippen MR) is 70.1 cm³/mol. The minimum absolute atomic E-state index is 0.360. The first-order valence-corrected chi connectivity index (χ1v) is 5.68. The van der Waals surface area contributed by atoms with Crippen LogP contribution in [0.15, 0.2) is 24.3 Å². The molecule has 0 fully saturated rings. The van der Waals surface area contributed by atoms with E-state index in [4.69, 9.17) is 10.5 Å². The molecule has 1 aromatic rings. The molecule has 0 bridgehead atoms. The van der Waals surface area contributed by atoms with Gasteiger partial charge in [0.15, 0.2) is 0 Å². The lowest BCUT2D eigenvalue weighted by Crippen LogP contribution is -2.35. The van der Waals surface area contributed by atoms with E-state index in [9.17, 15) is 4.79 Å². The highest BCUT2D eigenvalue weighted by atomic mass is 16.6. The fraction of sp³-hybridized carbons (Fsp3) is 0.462. The van der Waals surface area contributed by atoms with Gasteiger partial charge in [-0.1, -0.05) is 6.92 Å². The van der Waals surface area contributed by atoms with Crippen LogP contribution in [0.3, 0.4) is 0 Å². The van der Waals surface area contributed by atoms with E-state index in [1.54, 1.807) is 31.3 Å². The van der Waals surface area contributed by atoms with E-state index < -0.39 is 5.60 Å². The van der Waals surface area contributed by atoms with Gasteiger partial charge in [0.05, 0.1) is 0 Å². The van der Waals surface area contributed by atoms with Gasteiger partial charge in [-0.15, -0.1) is 0 Å². The van der Waals surface area contributed by atoms with Crippen molar-refractivity contribution in [3.63, 3.8) is 0 Å². The number of hydrogen-bond donors (Lipinski definition) is 1. The van der Waals surface area contributed by atoms with Gasteiger partial charge >= 0.3 is 6.09 Å². The second-order valence-corrected chi connectivity index (χ2v) is 4.63. The largest absolute Gasteiger partial charge is 0.443 e. The Kier molecular flexibility index (Phi) is 3.99. The molecule has 0 spiro atoms. The number of carbonyl (C=O) groups excluding carboxylic acids is 1. The summed E-state index contributed by atoms with van der Waals surface area (Å²) in [7, 11) is 1.68. The average Bonchev–Trinajstić information content (AvgIpc) is 2.28. The Labute approximate surface area is 102 Å². The van der Waals surface area contributed by atoms with E-state index in [-0.39, 0.29) is 6.09 Å². The van der Waals surface area contributed by atoms with Crippen LogP contribution >= 0.6 is 0 Å². The third kappa shape index (κ3) is 3.66. The first kappa shape index (κ1) is 13.4. The van der Waals surface area contributed by atoms with Crippen molar-refractivity contribution in [2.45, 2.75) is 32.8 Å². The number of anilines is 2. The zero-order valence-electron chi connectivity index (χ0n) is 10.9. The molecule has 1 rings (SSSR count). The lowest BCUT2D eigenvalue weighted by Gasteiger charge is -2.27. The van der Waals surface area contributed by atoms with Crippen LogP contribution in [0.5, 0.6) is 0 Å². The van der Waals surface area contributed by atoms with E-state index in [1.165, 1.54) is 4.90 Å². The SMILES string of the molecule is CCC(C)(C)OC(=O)N(C)c1ccc(N)cc1. The van der Waals surface area contributed by atoms with Crippen molar-refractivity contribution in [1.29, 1.82) is 0 Å². The molecule has 1 aromatic carbocycles. The summed E-state index contributed by atoms with van der Waals surface area (Å²) in [5.41, 5.74) is 6.58. The van der Waals surface area contributed by atoms with Gasteiger partial charge < -0.3 is 10.5 Å². The predicted octanol–water partition coefficient (Wildman–Crippen LogP) is 3.03. The molecule has 0 aliphatic rings. The molecular weight excluding hydrogens is 216 g/mol. The number of nitrogens with two attached hydrogens (primary N) is 1. The van der Waals surface area contributed by atoms with E-state index in [0.29, 0.717) is 5.69 Å². The summed E-state index contributed by atoms with van der Waals surface area (Å²) in [6.45, 7) is 5.76. The van der Waals surface area contributed by atoms with Crippen molar-refractivity contribution in [2.75, 3.05) is 17.7 Å². The molecule has 4 nitrogen and oxygen atoms in total. The van der Waals surface area contributed by atoms with Crippen LogP contribution in [0.2, 0.25) is 0 Å². The van der Waals surface area contributed by atoms with Gasteiger partial charge in [-0.3, -0.25) is 4.90 Å². The number of amides is 1. The van der Waals surface area contributed by atoms with Crippen LogP contribution in [0, 0.1) is 0 Å². The van der Waals surface area contributed by atoms with Crippen LogP contribution < -0.4 is 10.6 Å². The molecule has 0 saturated heterocycles. The summed E-state index contributed by atoms with van der Waals surface area (Å²) < 4.78 is 5.39.